The number of allylic oxidation sites excluding steroid dienone is 1. The smallest absolute Gasteiger partial charge is 0.313 e. The van der Waals surface area contributed by atoms with Gasteiger partial charge >= 0.3 is 5.97 Å². The largest absolute Gasteiger partial charge is 0.457 e. The fraction of sp³-hybridized carbons (Fsp3) is 0.714. The SMILES string of the molecule is CCC1=CCCC(C)(C)C1OC(=O)CC(C)=O. The number of carbonyl (C=O) groups excluding carboxylic acids is 2. The van der Waals surface area contributed by atoms with E-state index in [9.17, 15) is 9.59 Å². The second kappa shape index (κ2) is 5.48. The average molecular weight is 238 g/mol. The Bertz CT molecular complexity index is 339. The van der Waals surface area contributed by atoms with Gasteiger partial charge < -0.3 is 4.74 Å². The predicted octanol–water partition coefficient (Wildman–Crippen LogP) is 3.03. The van der Waals surface area contributed by atoms with Gasteiger partial charge in [0.1, 0.15) is 18.3 Å². The summed E-state index contributed by atoms with van der Waals surface area (Å²) in [7, 11) is 0. The van der Waals surface area contributed by atoms with Crippen molar-refractivity contribution in [2.45, 2.75) is 59.5 Å². The zero-order chi connectivity index (χ0) is 13.1. The summed E-state index contributed by atoms with van der Waals surface area (Å²) in [6.45, 7) is 7.70. The van der Waals surface area contributed by atoms with E-state index in [-0.39, 0.29) is 23.7 Å². The molecule has 1 aliphatic rings. The molecule has 17 heavy (non-hydrogen) atoms. The van der Waals surface area contributed by atoms with Crippen molar-refractivity contribution in [1.29, 1.82) is 0 Å². The first kappa shape index (κ1) is 13.9. The highest BCUT2D eigenvalue weighted by Crippen LogP contribution is 2.39. The van der Waals surface area contributed by atoms with Crippen molar-refractivity contribution in [2.75, 3.05) is 0 Å². The van der Waals surface area contributed by atoms with Crippen molar-refractivity contribution in [2.24, 2.45) is 5.41 Å². The van der Waals surface area contributed by atoms with Crippen LogP contribution in [0, 0.1) is 5.41 Å². The number of carbonyl (C=O) groups is 2. The highest BCUT2D eigenvalue weighted by atomic mass is 16.5. The van der Waals surface area contributed by atoms with Crippen LogP contribution in [0.3, 0.4) is 0 Å². The standard InChI is InChI=1S/C14H22O3/c1-5-11-7-6-8-14(3,4)13(11)17-12(16)9-10(2)15/h7,13H,5-6,8-9H2,1-4H3. The van der Waals surface area contributed by atoms with Crippen molar-refractivity contribution in [1.82, 2.24) is 0 Å². The van der Waals surface area contributed by atoms with Gasteiger partial charge in [-0.2, -0.15) is 0 Å². The van der Waals surface area contributed by atoms with Crippen LogP contribution in [0.25, 0.3) is 0 Å². The maximum absolute atomic E-state index is 11.6. The predicted molar refractivity (Wildman–Crippen MR) is 66.6 cm³/mol. The molecule has 1 rings (SSSR count). The Morgan fingerprint density at radius 2 is 2.12 bits per heavy atom. The van der Waals surface area contributed by atoms with Gasteiger partial charge in [0.05, 0.1) is 0 Å². The molecule has 0 bridgehead atoms. The third-order valence-electron chi connectivity index (χ3n) is 3.29. The number of ketones is 1. The Morgan fingerprint density at radius 1 is 1.47 bits per heavy atom. The Kier molecular flexibility index (Phi) is 4.49. The molecule has 3 nitrogen and oxygen atoms in total. The molecule has 0 saturated heterocycles. The second-order valence-electron chi connectivity index (χ2n) is 5.41. The zero-order valence-electron chi connectivity index (χ0n) is 11.2. The van der Waals surface area contributed by atoms with Gasteiger partial charge in [-0.05, 0) is 31.8 Å². The molecule has 0 amide bonds. The van der Waals surface area contributed by atoms with E-state index < -0.39 is 5.97 Å². The van der Waals surface area contributed by atoms with Crippen molar-refractivity contribution in [3.8, 4) is 0 Å². The van der Waals surface area contributed by atoms with Gasteiger partial charge in [-0.1, -0.05) is 26.8 Å². The molecule has 1 atom stereocenters. The van der Waals surface area contributed by atoms with Crippen LogP contribution in [0.2, 0.25) is 0 Å². The maximum atomic E-state index is 11.6. The fourth-order valence-electron chi connectivity index (χ4n) is 2.31. The lowest BCUT2D eigenvalue weighted by atomic mass is 9.74. The number of hydrogen-bond acceptors (Lipinski definition) is 3. The van der Waals surface area contributed by atoms with E-state index in [4.69, 9.17) is 4.74 Å². The van der Waals surface area contributed by atoms with Gasteiger partial charge in [-0.3, -0.25) is 9.59 Å². The first-order chi connectivity index (χ1) is 7.86. The summed E-state index contributed by atoms with van der Waals surface area (Å²) in [6.07, 6.45) is 4.81. The number of Topliss-reactive ketones (excluding diaryl/α,β-unsaturated/α-hetero) is 1. The molecule has 0 saturated carbocycles. The lowest BCUT2D eigenvalue weighted by molar-refractivity contribution is -0.154. The van der Waals surface area contributed by atoms with E-state index in [0.717, 1.165) is 19.3 Å². The molecule has 0 aromatic rings. The maximum Gasteiger partial charge on any atom is 0.313 e. The quantitative estimate of drug-likeness (QED) is 0.429. The van der Waals surface area contributed by atoms with Crippen molar-refractivity contribution in [3.05, 3.63) is 11.6 Å². The van der Waals surface area contributed by atoms with Crippen LogP contribution in [0.15, 0.2) is 11.6 Å². The molecule has 1 unspecified atom stereocenters. The van der Waals surface area contributed by atoms with Gasteiger partial charge in [-0.15, -0.1) is 0 Å². The Labute approximate surface area is 103 Å². The number of esters is 1. The lowest BCUT2D eigenvalue weighted by Gasteiger charge is -2.38. The van der Waals surface area contributed by atoms with E-state index in [2.05, 4.69) is 26.8 Å². The third-order valence-corrected chi connectivity index (χ3v) is 3.29. The van der Waals surface area contributed by atoms with E-state index in [1.807, 2.05) is 0 Å². The Morgan fingerprint density at radius 3 is 2.65 bits per heavy atom. The summed E-state index contributed by atoms with van der Waals surface area (Å²) in [6, 6.07) is 0. The van der Waals surface area contributed by atoms with E-state index in [1.54, 1.807) is 0 Å². The minimum Gasteiger partial charge on any atom is -0.457 e. The van der Waals surface area contributed by atoms with Crippen LogP contribution in [-0.4, -0.2) is 17.9 Å². The molecule has 0 spiro atoms. The molecule has 0 aliphatic heterocycles. The molecule has 0 radical (unpaired) electrons. The van der Waals surface area contributed by atoms with E-state index >= 15 is 0 Å². The van der Waals surface area contributed by atoms with Crippen LogP contribution in [-0.2, 0) is 14.3 Å². The summed E-state index contributed by atoms with van der Waals surface area (Å²) in [5, 5.41) is 0. The molecular weight excluding hydrogens is 216 g/mol. The van der Waals surface area contributed by atoms with Crippen LogP contribution in [0.5, 0.6) is 0 Å². The van der Waals surface area contributed by atoms with Gasteiger partial charge in [0.15, 0.2) is 0 Å². The molecule has 1 aliphatic carbocycles. The highest BCUT2D eigenvalue weighted by Gasteiger charge is 2.36. The molecule has 0 N–H and O–H groups in total. The van der Waals surface area contributed by atoms with Crippen molar-refractivity contribution < 1.29 is 14.3 Å². The van der Waals surface area contributed by atoms with Crippen LogP contribution in [0.4, 0.5) is 0 Å². The minimum absolute atomic E-state index is 0.0352. The molecule has 0 aromatic carbocycles. The second-order valence-corrected chi connectivity index (χ2v) is 5.41. The summed E-state index contributed by atoms with van der Waals surface area (Å²) < 4.78 is 5.49. The van der Waals surface area contributed by atoms with Crippen molar-refractivity contribution >= 4 is 11.8 Å². The number of rotatable bonds is 4. The zero-order valence-corrected chi connectivity index (χ0v) is 11.2. The van der Waals surface area contributed by atoms with Gasteiger partial charge in [0, 0.05) is 5.41 Å². The van der Waals surface area contributed by atoms with E-state index in [1.165, 1.54) is 12.5 Å². The van der Waals surface area contributed by atoms with Gasteiger partial charge in [-0.25, -0.2) is 0 Å². The summed E-state index contributed by atoms with van der Waals surface area (Å²) >= 11 is 0. The van der Waals surface area contributed by atoms with Gasteiger partial charge in [0.2, 0.25) is 0 Å². The normalized spacial score (nSPS) is 22.8. The van der Waals surface area contributed by atoms with Crippen LogP contribution < -0.4 is 0 Å². The van der Waals surface area contributed by atoms with Crippen molar-refractivity contribution in [3.63, 3.8) is 0 Å². The summed E-state index contributed by atoms with van der Waals surface area (Å²) in [4.78, 5) is 22.5. The van der Waals surface area contributed by atoms with Crippen LogP contribution in [0.1, 0.15) is 53.4 Å². The molecule has 0 heterocycles. The summed E-state index contributed by atoms with van der Waals surface area (Å²) in [5.41, 5.74) is 1.14. The topological polar surface area (TPSA) is 43.4 Å². The minimum atomic E-state index is -0.406. The first-order valence-corrected chi connectivity index (χ1v) is 6.24. The monoisotopic (exact) mass is 238 g/mol. The average Bonchev–Trinajstić information content (AvgIpc) is 2.19. The van der Waals surface area contributed by atoms with E-state index in [0.29, 0.717) is 0 Å². The molecule has 0 aromatic heterocycles. The lowest BCUT2D eigenvalue weighted by Crippen LogP contribution is -2.38. The fourth-order valence-corrected chi connectivity index (χ4v) is 2.31. The van der Waals surface area contributed by atoms with Crippen LogP contribution >= 0.6 is 0 Å². The Balaban J connectivity index is 2.77. The van der Waals surface area contributed by atoms with Gasteiger partial charge in [0.25, 0.3) is 0 Å². The Hall–Kier alpha value is -1.12. The molecule has 96 valence electrons. The molecule has 0 fully saturated rings. The molecule has 3 heteroatoms. The number of ether oxygens (including phenoxy) is 1. The highest BCUT2D eigenvalue weighted by molar-refractivity contribution is 5.94. The number of hydrogen-bond donors (Lipinski definition) is 0. The first-order valence-electron chi connectivity index (χ1n) is 6.24. The summed E-state index contributed by atoms with van der Waals surface area (Å²) in [5.74, 6) is -0.553. The molecular formula is C14H22O3. The third kappa shape index (κ3) is 3.69.